The zero-order valence-corrected chi connectivity index (χ0v) is 13.5. The standard InChI is InChI=1S/C18H20N4O2/c1-11-4-2-3-5-13(11)17-14-9-19-8-12(14)10-22(17)18(24)15-6-7-16(23)21-20-15/h2-7,12,14,17,19H,8-10H2,1H3,(H,21,23)/t12-,14-,17-/m0/s1. The summed E-state index contributed by atoms with van der Waals surface area (Å²) in [6.45, 7) is 4.67. The number of likely N-dealkylation sites (tertiary alicyclic amines) is 1. The fourth-order valence-corrected chi connectivity index (χ4v) is 4.06. The van der Waals surface area contributed by atoms with E-state index in [-0.39, 0.29) is 17.5 Å². The van der Waals surface area contributed by atoms with E-state index >= 15 is 0 Å². The highest BCUT2D eigenvalue weighted by molar-refractivity contribution is 5.92. The first-order valence-corrected chi connectivity index (χ1v) is 8.28. The lowest BCUT2D eigenvalue weighted by atomic mass is 9.87. The van der Waals surface area contributed by atoms with Gasteiger partial charge >= 0.3 is 0 Å². The number of benzene rings is 1. The summed E-state index contributed by atoms with van der Waals surface area (Å²) in [5, 5.41) is 9.73. The minimum absolute atomic E-state index is 0.0485. The number of rotatable bonds is 2. The van der Waals surface area contributed by atoms with Crippen molar-refractivity contribution in [3.05, 3.63) is 63.6 Å². The summed E-state index contributed by atoms with van der Waals surface area (Å²) in [7, 11) is 0. The zero-order chi connectivity index (χ0) is 16.7. The average Bonchev–Trinajstić information content (AvgIpc) is 3.16. The number of aromatic nitrogens is 2. The highest BCUT2D eigenvalue weighted by Gasteiger charge is 2.47. The molecule has 2 saturated heterocycles. The topological polar surface area (TPSA) is 78.1 Å². The van der Waals surface area contributed by atoms with Crippen molar-refractivity contribution in [2.24, 2.45) is 11.8 Å². The predicted octanol–water partition coefficient (Wildman–Crippen LogP) is 1.11. The van der Waals surface area contributed by atoms with E-state index in [0.717, 1.165) is 19.6 Å². The summed E-state index contributed by atoms with van der Waals surface area (Å²) in [5.41, 5.74) is 2.39. The third-order valence-corrected chi connectivity index (χ3v) is 5.23. The molecule has 0 bridgehead atoms. The number of hydrogen-bond acceptors (Lipinski definition) is 4. The van der Waals surface area contributed by atoms with E-state index in [1.165, 1.54) is 23.3 Å². The Morgan fingerprint density at radius 1 is 1.21 bits per heavy atom. The number of aromatic amines is 1. The van der Waals surface area contributed by atoms with Crippen molar-refractivity contribution in [2.75, 3.05) is 19.6 Å². The van der Waals surface area contributed by atoms with E-state index < -0.39 is 0 Å². The summed E-state index contributed by atoms with van der Waals surface area (Å²) in [4.78, 5) is 26.1. The molecule has 2 aliphatic heterocycles. The molecule has 0 aliphatic carbocycles. The van der Waals surface area contributed by atoms with Crippen LogP contribution >= 0.6 is 0 Å². The molecule has 0 spiro atoms. The van der Waals surface area contributed by atoms with E-state index in [0.29, 0.717) is 17.5 Å². The van der Waals surface area contributed by atoms with Crippen LogP contribution in [0.3, 0.4) is 0 Å². The monoisotopic (exact) mass is 324 g/mol. The SMILES string of the molecule is Cc1ccccc1[C@H]1[C@H]2CNC[C@H]2CN1C(=O)c1ccc(=O)[nH]n1. The van der Waals surface area contributed by atoms with Gasteiger partial charge in [-0.3, -0.25) is 9.59 Å². The van der Waals surface area contributed by atoms with Gasteiger partial charge in [0, 0.05) is 31.6 Å². The summed E-state index contributed by atoms with van der Waals surface area (Å²) in [5.74, 6) is 0.757. The van der Waals surface area contributed by atoms with Gasteiger partial charge in [-0.25, -0.2) is 5.10 Å². The summed E-state index contributed by atoms with van der Waals surface area (Å²) < 4.78 is 0. The smallest absolute Gasteiger partial charge is 0.274 e. The van der Waals surface area contributed by atoms with Gasteiger partial charge in [0.25, 0.3) is 11.5 Å². The molecule has 1 aromatic carbocycles. The maximum Gasteiger partial charge on any atom is 0.274 e. The molecule has 0 radical (unpaired) electrons. The van der Waals surface area contributed by atoms with Crippen LogP contribution in [0.1, 0.15) is 27.7 Å². The van der Waals surface area contributed by atoms with Gasteiger partial charge in [0.1, 0.15) is 5.69 Å². The highest BCUT2D eigenvalue weighted by atomic mass is 16.2. The van der Waals surface area contributed by atoms with Crippen molar-refractivity contribution in [2.45, 2.75) is 13.0 Å². The summed E-state index contributed by atoms with van der Waals surface area (Å²) in [6.07, 6.45) is 0. The lowest BCUT2D eigenvalue weighted by Gasteiger charge is -2.29. The van der Waals surface area contributed by atoms with Crippen LogP contribution in [0.4, 0.5) is 0 Å². The molecule has 24 heavy (non-hydrogen) atoms. The second kappa shape index (κ2) is 5.87. The van der Waals surface area contributed by atoms with Crippen LogP contribution in [0.25, 0.3) is 0 Å². The van der Waals surface area contributed by atoms with Gasteiger partial charge in [0.2, 0.25) is 0 Å². The molecule has 3 heterocycles. The minimum atomic E-state index is -0.301. The molecular formula is C18H20N4O2. The van der Waals surface area contributed by atoms with E-state index in [9.17, 15) is 9.59 Å². The molecular weight excluding hydrogens is 304 g/mol. The molecule has 4 rings (SSSR count). The van der Waals surface area contributed by atoms with Crippen molar-refractivity contribution in [3.63, 3.8) is 0 Å². The van der Waals surface area contributed by atoms with Crippen LogP contribution in [-0.2, 0) is 0 Å². The molecule has 0 saturated carbocycles. The largest absolute Gasteiger partial charge is 0.330 e. The first kappa shape index (κ1) is 15.1. The molecule has 1 aromatic heterocycles. The van der Waals surface area contributed by atoms with Gasteiger partial charge in [-0.05, 0) is 30.0 Å². The quantitative estimate of drug-likeness (QED) is 0.867. The molecule has 2 aromatic rings. The van der Waals surface area contributed by atoms with Crippen molar-refractivity contribution >= 4 is 5.91 Å². The van der Waals surface area contributed by atoms with Crippen LogP contribution in [0.5, 0.6) is 0 Å². The number of amides is 1. The number of nitrogens with zero attached hydrogens (tertiary/aromatic N) is 2. The molecule has 124 valence electrons. The summed E-state index contributed by atoms with van der Waals surface area (Å²) >= 11 is 0. The van der Waals surface area contributed by atoms with E-state index in [4.69, 9.17) is 0 Å². The van der Waals surface area contributed by atoms with Crippen molar-refractivity contribution < 1.29 is 4.79 Å². The van der Waals surface area contributed by atoms with E-state index in [1.807, 2.05) is 17.0 Å². The predicted molar refractivity (Wildman–Crippen MR) is 89.7 cm³/mol. The minimum Gasteiger partial charge on any atom is -0.330 e. The summed E-state index contributed by atoms with van der Waals surface area (Å²) in [6, 6.07) is 11.1. The fraction of sp³-hybridized carbons (Fsp3) is 0.389. The molecule has 2 N–H and O–H groups in total. The Labute approximate surface area is 139 Å². The molecule has 3 atom stereocenters. The number of aryl methyl sites for hydroxylation is 1. The maximum absolute atomic E-state index is 13.0. The Morgan fingerprint density at radius 3 is 2.79 bits per heavy atom. The van der Waals surface area contributed by atoms with Crippen molar-refractivity contribution in [1.82, 2.24) is 20.4 Å². The number of carbonyl (C=O) groups excluding carboxylic acids is 1. The van der Waals surface area contributed by atoms with Gasteiger partial charge < -0.3 is 10.2 Å². The van der Waals surface area contributed by atoms with E-state index in [2.05, 4.69) is 34.6 Å². The number of H-pyrrole nitrogens is 1. The van der Waals surface area contributed by atoms with Gasteiger partial charge in [0.05, 0.1) is 6.04 Å². The lowest BCUT2D eigenvalue weighted by molar-refractivity contribution is 0.0706. The average molecular weight is 324 g/mol. The van der Waals surface area contributed by atoms with Gasteiger partial charge in [-0.2, -0.15) is 5.10 Å². The molecule has 0 unspecified atom stereocenters. The third-order valence-electron chi connectivity index (χ3n) is 5.23. The number of nitrogens with one attached hydrogen (secondary N) is 2. The molecule has 2 aliphatic rings. The second-order valence-corrected chi connectivity index (χ2v) is 6.65. The Kier molecular flexibility index (Phi) is 3.69. The number of hydrogen-bond donors (Lipinski definition) is 2. The molecule has 1 amide bonds. The van der Waals surface area contributed by atoms with Gasteiger partial charge in [-0.1, -0.05) is 24.3 Å². The highest BCUT2D eigenvalue weighted by Crippen LogP contribution is 2.43. The Morgan fingerprint density at radius 2 is 2.04 bits per heavy atom. The Bertz CT molecular complexity index is 811. The maximum atomic E-state index is 13.0. The van der Waals surface area contributed by atoms with Crippen molar-refractivity contribution in [1.29, 1.82) is 0 Å². The fourth-order valence-electron chi connectivity index (χ4n) is 4.06. The van der Waals surface area contributed by atoms with Crippen LogP contribution in [-0.4, -0.2) is 40.6 Å². The number of carbonyl (C=O) groups is 1. The number of fused-ring (bicyclic) bond motifs is 1. The molecule has 2 fully saturated rings. The second-order valence-electron chi connectivity index (χ2n) is 6.65. The molecule has 6 nitrogen and oxygen atoms in total. The Hall–Kier alpha value is -2.47. The van der Waals surface area contributed by atoms with Crippen LogP contribution in [0, 0.1) is 18.8 Å². The molecule has 6 heteroatoms. The first-order chi connectivity index (χ1) is 11.6. The van der Waals surface area contributed by atoms with Gasteiger partial charge in [0.15, 0.2) is 0 Å². The van der Waals surface area contributed by atoms with Crippen molar-refractivity contribution in [3.8, 4) is 0 Å². The van der Waals surface area contributed by atoms with Crippen LogP contribution in [0.2, 0.25) is 0 Å². The normalized spacial score (nSPS) is 25.7. The Balaban J connectivity index is 1.73. The van der Waals surface area contributed by atoms with E-state index in [1.54, 1.807) is 0 Å². The first-order valence-electron chi connectivity index (χ1n) is 8.28. The lowest BCUT2D eigenvalue weighted by Crippen LogP contribution is -2.35. The van der Waals surface area contributed by atoms with Crippen LogP contribution in [0.15, 0.2) is 41.2 Å². The zero-order valence-electron chi connectivity index (χ0n) is 13.5. The van der Waals surface area contributed by atoms with Crippen LogP contribution < -0.4 is 10.9 Å². The van der Waals surface area contributed by atoms with Gasteiger partial charge in [-0.15, -0.1) is 0 Å². The third kappa shape index (κ3) is 2.43.